The highest BCUT2D eigenvalue weighted by Gasteiger charge is 2.25. The maximum atomic E-state index is 12.2. The molecule has 0 aromatic heterocycles. The molecular formula is C15H17BrClNO3. The number of ether oxygens (including phenoxy) is 2. The van der Waals surface area contributed by atoms with Crippen molar-refractivity contribution in [2.24, 2.45) is 0 Å². The van der Waals surface area contributed by atoms with Gasteiger partial charge in [0.25, 0.3) is 0 Å². The monoisotopic (exact) mass is 373 g/mol. The molecule has 1 amide bonds. The first kappa shape index (κ1) is 15.0. The molecule has 1 aliphatic carbocycles. The molecule has 0 spiro atoms. The van der Waals surface area contributed by atoms with Crippen molar-refractivity contribution in [3.63, 3.8) is 0 Å². The zero-order chi connectivity index (χ0) is 14.8. The first-order valence-electron chi connectivity index (χ1n) is 7.18. The summed E-state index contributed by atoms with van der Waals surface area (Å²) >= 11 is 9.76. The second-order valence-electron chi connectivity index (χ2n) is 5.38. The fraction of sp³-hybridized carbons (Fsp3) is 0.533. The Morgan fingerprint density at radius 3 is 2.76 bits per heavy atom. The van der Waals surface area contributed by atoms with Gasteiger partial charge in [0.1, 0.15) is 18.6 Å². The molecule has 21 heavy (non-hydrogen) atoms. The molecule has 1 heterocycles. The molecule has 1 aromatic carbocycles. The Balaban J connectivity index is 1.75. The molecular weight excluding hydrogens is 358 g/mol. The number of halogens is 2. The van der Waals surface area contributed by atoms with E-state index in [0.717, 1.165) is 17.3 Å². The van der Waals surface area contributed by atoms with Crippen molar-refractivity contribution in [1.82, 2.24) is 5.32 Å². The standard InChI is InChI=1S/C15H17BrClNO3/c16-11-7-9(8-12-14(11)21-6-5-20-12)13(17)15(19)18-10-3-1-2-4-10/h7-8,10,13H,1-6H2,(H,18,19). The topological polar surface area (TPSA) is 47.6 Å². The predicted octanol–water partition coefficient (Wildman–Crippen LogP) is 3.56. The van der Waals surface area contributed by atoms with Crippen LogP contribution in [-0.4, -0.2) is 25.2 Å². The number of rotatable bonds is 3. The number of nitrogens with one attached hydrogen (secondary N) is 1. The summed E-state index contributed by atoms with van der Waals surface area (Å²) in [7, 11) is 0. The molecule has 114 valence electrons. The van der Waals surface area contributed by atoms with Gasteiger partial charge in [-0.1, -0.05) is 12.8 Å². The lowest BCUT2D eigenvalue weighted by molar-refractivity contribution is -0.121. The largest absolute Gasteiger partial charge is 0.486 e. The summed E-state index contributed by atoms with van der Waals surface area (Å²) < 4.78 is 11.9. The Bertz CT molecular complexity index is 546. The van der Waals surface area contributed by atoms with Crippen LogP contribution in [0.25, 0.3) is 0 Å². The normalized spacial score (nSPS) is 19.3. The Labute approximate surface area is 137 Å². The minimum atomic E-state index is -0.724. The third kappa shape index (κ3) is 3.29. The third-order valence-corrected chi connectivity index (χ3v) is 4.88. The highest BCUT2D eigenvalue weighted by Crippen LogP contribution is 2.41. The van der Waals surface area contributed by atoms with Crippen LogP contribution >= 0.6 is 27.5 Å². The Morgan fingerprint density at radius 1 is 1.29 bits per heavy atom. The molecule has 0 radical (unpaired) electrons. The number of amides is 1. The van der Waals surface area contributed by atoms with Gasteiger partial charge in [-0.3, -0.25) is 4.79 Å². The van der Waals surface area contributed by atoms with Crippen LogP contribution in [0.3, 0.4) is 0 Å². The van der Waals surface area contributed by atoms with E-state index >= 15 is 0 Å². The molecule has 1 N–H and O–H groups in total. The third-order valence-electron chi connectivity index (χ3n) is 3.84. The lowest BCUT2D eigenvalue weighted by Crippen LogP contribution is -2.35. The first-order chi connectivity index (χ1) is 10.1. The number of fused-ring (bicyclic) bond motifs is 1. The summed E-state index contributed by atoms with van der Waals surface area (Å²) in [5, 5.41) is 2.29. The molecule has 1 atom stereocenters. The summed E-state index contributed by atoms with van der Waals surface area (Å²) in [5.74, 6) is 1.15. The molecule has 3 rings (SSSR count). The molecule has 2 aliphatic rings. The average molecular weight is 375 g/mol. The summed E-state index contributed by atoms with van der Waals surface area (Å²) in [6.07, 6.45) is 4.43. The molecule has 6 heteroatoms. The van der Waals surface area contributed by atoms with Crippen LogP contribution in [-0.2, 0) is 4.79 Å². The maximum Gasteiger partial charge on any atom is 0.242 e. The molecule has 0 bridgehead atoms. The summed E-state index contributed by atoms with van der Waals surface area (Å²) in [5.41, 5.74) is 0.711. The van der Waals surface area contributed by atoms with Gasteiger partial charge < -0.3 is 14.8 Å². The minimum absolute atomic E-state index is 0.146. The van der Waals surface area contributed by atoms with E-state index in [9.17, 15) is 4.79 Å². The zero-order valence-corrected chi connectivity index (χ0v) is 13.9. The Morgan fingerprint density at radius 2 is 2.00 bits per heavy atom. The van der Waals surface area contributed by atoms with Crippen LogP contribution in [0.4, 0.5) is 0 Å². The number of carbonyl (C=O) groups is 1. The van der Waals surface area contributed by atoms with E-state index in [4.69, 9.17) is 21.1 Å². The molecule has 1 aromatic rings. The lowest BCUT2D eigenvalue weighted by atomic mass is 10.1. The van der Waals surface area contributed by atoms with E-state index in [1.807, 2.05) is 6.07 Å². The van der Waals surface area contributed by atoms with E-state index in [-0.39, 0.29) is 11.9 Å². The van der Waals surface area contributed by atoms with Gasteiger partial charge in [0.15, 0.2) is 11.5 Å². The van der Waals surface area contributed by atoms with Gasteiger partial charge in [-0.05, 0) is 46.5 Å². The highest BCUT2D eigenvalue weighted by molar-refractivity contribution is 9.10. The first-order valence-corrected chi connectivity index (χ1v) is 8.41. The lowest BCUT2D eigenvalue weighted by Gasteiger charge is -2.22. The van der Waals surface area contributed by atoms with Crippen LogP contribution in [0.2, 0.25) is 0 Å². The quantitative estimate of drug-likeness (QED) is 0.823. The summed E-state index contributed by atoms with van der Waals surface area (Å²) in [4.78, 5) is 12.2. The van der Waals surface area contributed by atoms with E-state index in [1.54, 1.807) is 6.07 Å². The molecule has 1 saturated carbocycles. The molecule has 4 nitrogen and oxygen atoms in total. The highest BCUT2D eigenvalue weighted by atomic mass is 79.9. The fourth-order valence-corrected chi connectivity index (χ4v) is 3.54. The van der Waals surface area contributed by atoms with Crippen LogP contribution in [0.15, 0.2) is 16.6 Å². The van der Waals surface area contributed by atoms with E-state index in [0.29, 0.717) is 30.3 Å². The van der Waals surface area contributed by atoms with Crippen LogP contribution in [0.1, 0.15) is 36.6 Å². The zero-order valence-electron chi connectivity index (χ0n) is 11.5. The van der Waals surface area contributed by atoms with Gasteiger partial charge in [0.2, 0.25) is 5.91 Å². The maximum absolute atomic E-state index is 12.2. The van der Waals surface area contributed by atoms with Crippen molar-refractivity contribution in [3.05, 3.63) is 22.2 Å². The molecule has 1 aliphatic heterocycles. The predicted molar refractivity (Wildman–Crippen MR) is 84.1 cm³/mol. The van der Waals surface area contributed by atoms with Crippen molar-refractivity contribution >= 4 is 33.4 Å². The van der Waals surface area contributed by atoms with E-state index in [1.165, 1.54) is 12.8 Å². The molecule has 1 fully saturated rings. The van der Waals surface area contributed by atoms with Gasteiger partial charge in [0.05, 0.1) is 4.47 Å². The molecule has 1 unspecified atom stereocenters. The second-order valence-corrected chi connectivity index (χ2v) is 6.67. The van der Waals surface area contributed by atoms with Crippen molar-refractivity contribution in [2.45, 2.75) is 37.1 Å². The van der Waals surface area contributed by atoms with Crippen molar-refractivity contribution in [3.8, 4) is 11.5 Å². The van der Waals surface area contributed by atoms with Crippen LogP contribution in [0, 0.1) is 0 Å². The van der Waals surface area contributed by atoms with E-state index in [2.05, 4.69) is 21.2 Å². The number of benzene rings is 1. The van der Waals surface area contributed by atoms with Crippen LogP contribution in [0.5, 0.6) is 11.5 Å². The second kappa shape index (κ2) is 6.44. The van der Waals surface area contributed by atoms with Gasteiger partial charge in [0, 0.05) is 6.04 Å². The van der Waals surface area contributed by atoms with Crippen LogP contribution < -0.4 is 14.8 Å². The van der Waals surface area contributed by atoms with Crippen molar-refractivity contribution < 1.29 is 14.3 Å². The molecule has 0 saturated heterocycles. The number of hydrogen-bond acceptors (Lipinski definition) is 3. The van der Waals surface area contributed by atoms with Gasteiger partial charge in [-0.15, -0.1) is 11.6 Å². The number of alkyl halides is 1. The summed E-state index contributed by atoms with van der Waals surface area (Å²) in [6.45, 7) is 1.03. The minimum Gasteiger partial charge on any atom is -0.486 e. The van der Waals surface area contributed by atoms with Gasteiger partial charge in [-0.2, -0.15) is 0 Å². The smallest absolute Gasteiger partial charge is 0.242 e. The average Bonchev–Trinajstić information content (AvgIpc) is 2.99. The number of carbonyl (C=O) groups excluding carboxylic acids is 1. The van der Waals surface area contributed by atoms with Crippen molar-refractivity contribution in [2.75, 3.05) is 13.2 Å². The van der Waals surface area contributed by atoms with Gasteiger partial charge >= 0.3 is 0 Å². The SMILES string of the molecule is O=C(NC1CCCC1)C(Cl)c1cc(Br)c2c(c1)OCCO2. The summed E-state index contributed by atoms with van der Waals surface area (Å²) in [6, 6.07) is 3.87. The van der Waals surface area contributed by atoms with Gasteiger partial charge in [-0.25, -0.2) is 0 Å². The van der Waals surface area contributed by atoms with E-state index < -0.39 is 5.38 Å². The number of hydrogen-bond donors (Lipinski definition) is 1. The Kier molecular flexibility index (Phi) is 4.60. The van der Waals surface area contributed by atoms with Crippen molar-refractivity contribution in [1.29, 1.82) is 0 Å². The Hall–Kier alpha value is -0.940. The fourth-order valence-electron chi connectivity index (χ4n) is 2.77.